The van der Waals surface area contributed by atoms with E-state index in [2.05, 4.69) is 41.0 Å². The van der Waals surface area contributed by atoms with Crippen molar-refractivity contribution >= 4 is 5.82 Å². The zero-order chi connectivity index (χ0) is 13.8. The molecule has 0 aromatic carbocycles. The number of anilines is 1. The first-order valence-corrected chi connectivity index (χ1v) is 7.35. The molecule has 1 N–H and O–H groups in total. The number of aromatic nitrogens is 2. The van der Waals surface area contributed by atoms with Crippen molar-refractivity contribution in [1.29, 1.82) is 0 Å². The summed E-state index contributed by atoms with van der Waals surface area (Å²) in [4.78, 5) is 11.6. The minimum atomic E-state index is 0.563. The molecule has 106 valence electrons. The van der Waals surface area contributed by atoms with Crippen molar-refractivity contribution in [3.63, 3.8) is 0 Å². The molecule has 2 rings (SSSR count). The quantitative estimate of drug-likeness (QED) is 0.884. The smallest absolute Gasteiger partial charge is 0.150 e. The van der Waals surface area contributed by atoms with Gasteiger partial charge in [-0.3, -0.25) is 4.98 Å². The lowest BCUT2D eigenvalue weighted by Gasteiger charge is -2.27. The second-order valence-electron chi connectivity index (χ2n) is 5.96. The van der Waals surface area contributed by atoms with Gasteiger partial charge in [-0.05, 0) is 39.2 Å². The van der Waals surface area contributed by atoms with Crippen LogP contribution in [0.25, 0.3) is 0 Å². The molecule has 4 heteroatoms. The van der Waals surface area contributed by atoms with Crippen LogP contribution in [0.1, 0.15) is 38.1 Å². The van der Waals surface area contributed by atoms with Crippen molar-refractivity contribution in [2.45, 2.75) is 46.6 Å². The zero-order valence-corrected chi connectivity index (χ0v) is 12.6. The van der Waals surface area contributed by atoms with E-state index in [4.69, 9.17) is 0 Å². The van der Waals surface area contributed by atoms with Gasteiger partial charge in [-0.25, -0.2) is 4.98 Å². The maximum atomic E-state index is 4.68. The number of hydrogen-bond donors (Lipinski definition) is 1. The Balaban J connectivity index is 2.03. The first-order chi connectivity index (χ1) is 9.08. The van der Waals surface area contributed by atoms with Gasteiger partial charge in [0.25, 0.3) is 0 Å². The molecule has 1 unspecified atom stereocenters. The third-order valence-electron chi connectivity index (χ3n) is 3.63. The molecule has 0 amide bonds. The van der Waals surface area contributed by atoms with E-state index in [0.717, 1.165) is 36.8 Å². The summed E-state index contributed by atoms with van der Waals surface area (Å²) in [5.74, 6) is 1.78. The Labute approximate surface area is 116 Å². The molecule has 4 nitrogen and oxygen atoms in total. The van der Waals surface area contributed by atoms with Crippen LogP contribution in [-0.4, -0.2) is 35.6 Å². The fourth-order valence-electron chi connectivity index (χ4n) is 2.66. The van der Waals surface area contributed by atoms with Crippen LogP contribution in [0.3, 0.4) is 0 Å². The first-order valence-electron chi connectivity index (χ1n) is 7.35. The number of rotatable bonds is 5. The van der Waals surface area contributed by atoms with Crippen LogP contribution in [0.15, 0.2) is 6.20 Å². The van der Waals surface area contributed by atoms with Gasteiger partial charge in [0.05, 0.1) is 11.4 Å². The van der Waals surface area contributed by atoms with Gasteiger partial charge in [0.1, 0.15) is 0 Å². The highest BCUT2D eigenvalue weighted by Crippen LogP contribution is 2.25. The Morgan fingerprint density at radius 2 is 2.21 bits per heavy atom. The van der Waals surface area contributed by atoms with Gasteiger partial charge in [0, 0.05) is 25.3 Å². The molecule has 0 aliphatic carbocycles. The van der Waals surface area contributed by atoms with Crippen molar-refractivity contribution in [1.82, 2.24) is 15.3 Å². The van der Waals surface area contributed by atoms with Gasteiger partial charge < -0.3 is 10.2 Å². The summed E-state index contributed by atoms with van der Waals surface area (Å²) in [6, 6.07) is 0.563. The molecule has 0 spiro atoms. The van der Waals surface area contributed by atoms with Crippen molar-refractivity contribution in [2.75, 3.05) is 24.5 Å². The second-order valence-corrected chi connectivity index (χ2v) is 5.96. The normalized spacial score (nSPS) is 19.4. The molecule has 1 saturated heterocycles. The van der Waals surface area contributed by atoms with E-state index in [1.54, 1.807) is 0 Å². The highest BCUT2D eigenvalue weighted by atomic mass is 15.3. The number of aryl methyl sites for hydroxylation is 2. The highest BCUT2D eigenvalue weighted by Gasteiger charge is 2.26. The molecular formula is C15H26N4. The van der Waals surface area contributed by atoms with Crippen LogP contribution in [0, 0.1) is 19.8 Å². The van der Waals surface area contributed by atoms with Gasteiger partial charge in [0.2, 0.25) is 0 Å². The molecule has 0 radical (unpaired) electrons. The molecule has 1 atom stereocenters. The lowest BCUT2D eigenvalue weighted by atomic mass is 10.2. The van der Waals surface area contributed by atoms with Crippen LogP contribution < -0.4 is 10.2 Å². The Morgan fingerprint density at radius 1 is 1.42 bits per heavy atom. The Kier molecular flexibility index (Phi) is 4.75. The Hall–Kier alpha value is -1.16. The largest absolute Gasteiger partial charge is 0.351 e. The topological polar surface area (TPSA) is 41.1 Å². The molecule has 19 heavy (non-hydrogen) atoms. The summed E-state index contributed by atoms with van der Waals surface area (Å²) in [6.07, 6.45) is 4.35. The molecule has 1 aliphatic rings. The molecule has 0 bridgehead atoms. The summed E-state index contributed by atoms with van der Waals surface area (Å²) < 4.78 is 0. The average molecular weight is 262 g/mol. The summed E-state index contributed by atoms with van der Waals surface area (Å²) >= 11 is 0. The summed E-state index contributed by atoms with van der Waals surface area (Å²) in [5.41, 5.74) is 2.04. The van der Waals surface area contributed by atoms with Gasteiger partial charge in [-0.1, -0.05) is 13.8 Å². The fourth-order valence-corrected chi connectivity index (χ4v) is 2.66. The Morgan fingerprint density at radius 3 is 2.95 bits per heavy atom. The molecule has 1 aromatic rings. The van der Waals surface area contributed by atoms with Gasteiger partial charge in [-0.15, -0.1) is 0 Å². The fraction of sp³-hybridized carbons (Fsp3) is 0.733. The summed E-state index contributed by atoms with van der Waals surface area (Å²) in [6.45, 7) is 11.8. The molecular weight excluding hydrogens is 236 g/mol. The standard InChI is InChI=1S/C15H26N4/c1-11(2)8-16-10-14-6-5-7-19(14)15-13(4)17-9-12(3)18-15/h9,11,14,16H,5-8,10H2,1-4H3. The predicted octanol–water partition coefficient (Wildman–Crippen LogP) is 2.31. The van der Waals surface area contributed by atoms with E-state index < -0.39 is 0 Å². The van der Waals surface area contributed by atoms with Crippen LogP contribution in [0.5, 0.6) is 0 Å². The second kappa shape index (κ2) is 6.33. The van der Waals surface area contributed by atoms with Crippen LogP contribution >= 0.6 is 0 Å². The van der Waals surface area contributed by atoms with Crippen LogP contribution in [0.4, 0.5) is 5.82 Å². The number of hydrogen-bond acceptors (Lipinski definition) is 4. The lowest BCUT2D eigenvalue weighted by Crippen LogP contribution is -2.40. The maximum Gasteiger partial charge on any atom is 0.150 e. The summed E-state index contributed by atoms with van der Waals surface area (Å²) in [5, 5.41) is 3.57. The van der Waals surface area contributed by atoms with Crippen LogP contribution in [-0.2, 0) is 0 Å². The van der Waals surface area contributed by atoms with E-state index in [1.165, 1.54) is 12.8 Å². The van der Waals surface area contributed by atoms with Crippen LogP contribution in [0.2, 0.25) is 0 Å². The molecule has 1 aromatic heterocycles. The van der Waals surface area contributed by atoms with Crippen molar-refractivity contribution < 1.29 is 0 Å². The van der Waals surface area contributed by atoms with E-state index in [0.29, 0.717) is 12.0 Å². The van der Waals surface area contributed by atoms with Gasteiger partial charge in [0.15, 0.2) is 5.82 Å². The van der Waals surface area contributed by atoms with E-state index in [-0.39, 0.29) is 0 Å². The Bertz CT molecular complexity index is 417. The van der Waals surface area contributed by atoms with Gasteiger partial charge >= 0.3 is 0 Å². The predicted molar refractivity (Wildman–Crippen MR) is 79.6 cm³/mol. The average Bonchev–Trinajstić information content (AvgIpc) is 2.80. The molecule has 1 fully saturated rings. The van der Waals surface area contributed by atoms with E-state index in [9.17, 15) is 0 Å². The molecule has 0 saturated carbocycles. The van der Waals surface area contributed by atoms with Gasteiger partial charge in [-0.2, -0.15) is 0 Å². The number of nitrogens with one attached hydrogen (secondary N) is 1. The van der Waals surface area contributed by atoms with Crippen molar-refractivity contribution in [2.24, 2.45) is 5.92 Å². The van der Waals surface area contributed by atoms with Crippen molar-refractivity contribution in [3.8, 4) is 0 Å². The minimum Gasteiger partial charge on any atom is -0.351 e. The lowest BCUT2D eigenvalue weighted by molar-refractivity contribution is 0.510. The van der Waals surface area contributed by atoms with Crippen molar-refractivity contribution in [3.05, 3.63) is 17.6 Å². The maximum absolute atomic E-state index is 4.68. The third-order valence-corrected chi connectivity index (χ3v) is 3.63. The first kappa shape index (κ1) is 14.3. The SMILES string of the molecule is Cc1cnc(C)c(N2CCCC2CNCC(C)C)n1. The molecule has 1 aliphatic heterocycles. The highest BCUT2D eigenvalue weighted by molar-refractivity contribution is 5.45. The number of nitrogens with zero attached hydrogens (tertiary/aromatic N) is 3. The van der Waals surface area contributed by atoms with E-state index >= 15 is 0 Å². The third kappa shape index (κ3) is 3.66. The van der Waals surface area contributed by atoms with E-state index in [1.807, 2.05) is 13.1 Å². The summed E-state index contributed by atoms with van der Waals surface area (Å²) in [7, 11) is 0. The zero-order valence-electron chi connectivity index (χ0n) is 12.6. The molecule has 2 heterocycles. The minimum absolute atomic E-state index is 0.563. The monoisotopic (exact) mass is 262 g/mol.